The number of para-hydroxylation sites is 2. The molecule has 3 rings (SSSR count). The Morgan fingerprint density at radius 1 is 1.07 bits per heavy atom. The molecule has 0 atom stereocenters. The van der Waals surface area contributed by atoms with Gasteiger partial charge in [0.25, 0.3) is 5.91 Å². The summed E-state index contributed by atoms with van der Waals surface area (Å²) >= 11 is 0. The third-order valence-electron chi connectivity index (χ3n) is 4.86. The molecule has 29 heavy (non-hydrogen) atoms. The number of methoxy groups -OCH3 is 1. The minimum absolute atomic E-state index is 0.0730. The van der Waals surface area contributed by atoms with Crippen LogP contribution < -0.4 is 9.64 Å². The number of carbonyl (C=O) groups excluding carboxylic acids is 1. The van der Waals surface area contributed by atoms with Crippen molar-refractivity contribution in [2.24, 2.45) is 0 Å². The monoisotopic (exact) mass is 413 g/mol. The molecule has 2 aromatic carbocycles. The minimum Gasteiger partial charge on any atom is -0.495 e. The van der Waals surface area contributed by atoms with Gasteiger partial charge in [0.1, 0.15) is 11.5 Å². The molecule has 0 radical (unpaired) electrons. The molecule has 0 aliphatic carbocycles. The summed E-state index contributed by atoms with van der Waals surface area (Å²) in [5.74, 6) is 0.0295. The van der Waals surface area contributed by atoms with E-state index in [1.54, 1.807) is 42.3 Å². The predicted octanol–water partition coefficient (Wildman–Crippen LogP) is 2.10. The molecule has 0 saturated carbocycles. The zero-order chi connectivity index (χ0) is 20.9. The number of nitrogens with zero attached hydrogens (tertiary/aromatic N) is 3. The Hall–Kier alpha value is -3.05. The van der Waals surface area contributed by atoms with Gasteiger partial charge in [-0.2, -0.15) is 5.26 Å². The quantitative estimate of drug-likeness (QED) is 0.720. The van der Waals surface area contributed by atoms with Crippen molar-refractivity contribution < 1.29 is 17.9 Å². The highest BCUT2D eigenvalue weighted by Crippen LogP contribution is 2.28. The first-order valence-corrected chi connectivity index (χ1v) is 11.1. The molecular weight excluding hydrogens is 390 g/mol. The van der Waals surface area contributed by atoms with Gasteiger partial charge in [0.2, 0.25) is 0 Å². The third kappa shape index (κ3) is 5.06. The highest BCUT2D eigenvalue weighted by molar-refractivity contribution is 7.90. The minimum atomic E-state index is -3.45. The summed E-state index contributed by atoms with van der Waals surface area (Å²) in [4.78, 5) is 16.8. The molecule has 2 aromatic rings. The molecule has 0 N–H and O–H groups in total. The van der Waals surface area contributed by atoms with Gasteiger partial charge < -0.3 is 14.5 Å². The lowest BCUT2D eigenvalue weighted by Gasteiger charge is -2.36. The number of hydrogen-bond donors (Lipinski definition) is 0. The molecule has 1 fully saturated rings. The van der Waals surface area contributed by atoms with E-state index in [0.717, 1.165) is 11.4 Å². The lowest BCUT2D eigenvalue weighted by atomic mass is 10.1. The molecule has 0 aromatic heterocycles. The fourth-order valence-corrected chi connectivity index (χ4v) is 4.37. The molecule has 1 aliphatic rings. The summed E-state index contributed by atoms with van der Waals surface area (Å²) < 4.78 is 28.9. The van der Waals surface area contributed by atoms with Crippen LogP contribution in [-0.2, 0) is 15.6 Å². The van der Waals surface area contributed by atoms with E-state index >= 15 is 0 Å². The predicted molar refractivity (Wildman–Crippen MR) is 111 cm³/mol. The molecule has 7 nitrogen and oxygen atoms in total. The van der Waals surface area contributed by atoms with Crippen LogP contribution in [0, 0.1) is 11.3 Å². The molecule has 8 heteroatoms. The largest absolute Gasteiger partial charge is 0.495 e. The average Bonchev–Trinajstić information content (AvgIpc) is 2.73. The van der Waals surface area contributed by atoms with Crippen molar-refractivity contribution >= 4 is 21.4 Å². The van der Waals surface area contributed by atoms with Crippen molar-refractivity contribution in [2.75, 3.05) is 43.9 Å². The molecule has 152 valence electrons. The van der Waals surface area contributed by atoms with E-state index in [1.807, 2.05) is 24.3 Å². The lowest BCUT2D eigenvalue weighted by molar-refractivity contribution is 0.0746. The fourth-order valence-electron chi connectivity index (χ4n) is 3.37. The number of sulfone groups is 1. The molecule has 1 amide bonds. The summed E-state index contributed by atoms with van der Waals surface area (Å²) in [7, 11) is -1.80. The molecule has 0 spiro atoms. The second kappa shape index (κ2) is 8.97. The zero-order valence-corrected chi connectivity index (χ0v) is 17.1. The van der Waals surface area contributed by atoms with Crippen LogP contribution in [0.1, 0.15) is 15.9 Å². The van der Waals surface area contributed by atoms with Crippen molar-refractivity contribution in [2.45, 2.75) is 5.75 Å². The van der Waals surface area contributed by atoms with Crippen molar-refractivity contribution in [3.8, 4) is 11.8 Å². The van der Waals surface area contributed by atoms with Crippen LogP contribution >= 0.6 is 0 Å². The first-order chi connectivity index (χ1) is 13.9. The van der Waals surface area contributed by atoms with Crippen LogP contribution in [0.4, 0.5) is 5.69 Å². The highest BCUT2D eigenvalue weighted by Gasteiger charge is 2.23. The number of ether oxygens (including phenoxy) is 1. The number of anilines is 1. The topological polar surface area (TPSA) is 90.7 Å². The Balaban J connectivity index is 1.61. The Labute approximate surface area is 171 Å². The van der Waals surface area contributed by atoms with Crippen LogP contribution in [-0.4, -0.2) is 58.3 Å². The fraction of sp³-hybridized carbons (Fsp3) is 0.333. The third-order valence-corrected chi connectivity index (χ3v) is 6.21. The van der Waals surface area contributed by atoms with E-state index in [1.165, 1.54) is 0 Å². The van der Waals surface area contributed by atoms with Gasteiger partial charge in [0.15, 0.2) is 9.84 Å². The van der Waals surface area contributed by atoms with Gasteiger partial charge in [-0.1, -0.05) is 24.3 Å². The van der Waals surface area contributed by atoms with E-state index in [-0.39, 0.29) is 11.7 Å². The van der Waals surface area contributed by atoms with Crippen LogP contribution in [0.5, 0.6) is 5.75 Å². The Bertz CT molecular complexity index is 1000. The number of hydrogen-bond acceptors (Lipinski definition) is 6. The smallest absolute Gasteiger partial charge is 0.253 e. The van der Waals surface area contributed by atoms with Crippen molar-refractivity contribution in [3.63, 3.8) is 0 Å². The van der Waals surface area contributed by atoms with E-state index in [2.05, 4.69) is 4.90 Å². The number of benzene rings is 2. The van der Waals surface area contributed by atoms with Gasteiger partial charge in [-0.15, -0.1) is 0 Å². The normalized spacial score (nSPS) is 14.3. The van der Waals surface area contributed by atoms with Gasteiger partial charge in [0.05, 0.1) is 24.6 Å². The standard InChI is InChI=1S/C21H23N3O4S/c1-28-20-5-3-2-4-19(20)23-11-13-24(14-12-23)21(25)18-8-6-17(7-9-18)16-29(26,27)15-10-22/h2-9H,11-16H2,1H3. The summed E-state index contributed by atoms with van der Waals surface area (Å²) in [5.41, 5.74) is 2.11. The highest BCUT2D eigenvalue weighted by atomic mass is 32.2. The number of carbonyl (C=O) groups is 1. The molecule has 1 aliphatic heterocycles. The summed E-state index contributed by atoms with van der Waals surface area (Å²) in [6.45, 7) is 2.59. The van der Waals surface area contributed by atoms with Gasteiger partial charge in [-0.3, -0.25) is 4.79 Å². The Morgan fingerprint density at radius 2 is 1.72 bits per heavy atom. The zero-order valence-electron chi connectivity index (χ0n) is 16.2. The summed E-state index contributed by atoms with van der Waals surface area (Å²) in [5, 5.41) is 8.57. The van der Waals surface area contributed by atoms with Gasteiger partial charge in [0, 0.05) is 31.7 Å². The van der Waals surface area contributed by atoms with E-state index < -0.39 is 15.6 Å². The van der Waals surface area contributed by atoms with Crippen molar-refractivity contribution in [3.05, 3.63) is 59.7 Å². The molecule has 0 bridgehead atoms. The average molecular weight is 413 g/mol. The second-order valence-corrected chi connectivity index (χ2v) is 8.90. The summed E-state index contributed by atoms with van der Waals surface area (Å²) in [6.07, 6.45) is 0. The summed E-state index contributed by atoms with van der Waals surface area (Å²) in [6, 6.07) is 16.0. The number of piperazine rings is 1. The molecular formula is C21H23N3O4S. The Morgan fingerprint density at radius 3 is 2.34 bits per heavy atom. The first kappa shape index (κ1) is 20.7. The number of amides is 1. The van der Waals surface area contributed by atoms with E-state index in [0.29, 0.717) is 37.3 Å². The van der Waals surface area contributed by atoms with Crippen LogP contribution in [0.25, 0.3) is 0 Å². The van der Waals surface area contributed by atoms with Gasteiger partial charge >= 0.3 is 0 Å². The van der Waals surface area contributed by atoms with Crippen LogP contribution in [0.2, 0.25) is 0 Å². The van der Waals surface area contributed by atoms with E-state index in [4.69, 9.17) is 10.00 Å². The molecule has 0 unspecified atom stereocenters. The maximum Gasteiger partial charge on any atom is 0.253 e. The van der Waals surface area contributed by atoms with Crippen LogP contribution in [0.3, 0.4) is 0 Å². The molecule has 1 saturated heterocycles. The first-order valence-electron chi connectivity index (χ1n) is 9.27. The van der Waals surface area contributed by atoms with Gasteiger partial charge in [-0.25, -0.2) is 8.42 Å². The second-order valence-electron chi connectivity index (χ2n) is 6.84. The van der Waals surface area contributed by atoms with Crippen molar-refractivity contribution in [1.82, 2.24) is 4.90 Å². The maximum atomic E-state index is 12.8. The van der Waals surface area contributed by atoms with E-state index in [9.17, 15) is 13.2 Å². The lowest BCUT2D eigenvalue weighted by Crippen LogP contribution is -2.48. The molecule has 1 heterocycles. The van der Waals surface area contributed by atoms with Crippen LogP contribution in [0.15, 0.2) is 48.5 Å². The SMILES string of the molecule is COc1ccccc1N1CCN(C(=O)c2ccc(CS(=O)(=O)CC#N)cc2)CC1. The number of rotatable bonds is 6. The number of nitriles is 1. The van der Waals surface area contributed by atoms with Gasteiger partial charge in [-0.05, 0) is 29.8 Å². The Kier molecular flexibility index (Phi) is 6.39. The van der Waals surface area contributed by atoms with Crippen molar-refractivity contribution in [1.29, 1.82) is 5.26 Å². The maximum absolute atomic E-state index is 12.8.